The highest BCUT2D eigenvalue weighted by Gasteiger charge is 2.23. The molecule has 0 rings (SSSR count). The third kappa shape index (κ3) is 40.4. The van der Waals surface area contributed by atoms with E-state index in [1.54, 1.807) is 6.08 Å². The molecule has 0 aliphatic rings. The summed E-state index contributed by atoms with van der Waals surface area (Å²) < 4.78 is 26.8. The number of nitrogens with one attached hydrogen (secondary N) is 1. The molecule has 2 atom stereocenters. The summed E-state index contributed by atoms with van der Waals surface area (Å²) >= 11 is 0. The number of carbonyl (C=O) groups is 2. The fraction of sp³-hybridized carbons (Fsp3) is 0.636. The van der Waals surface area contributed by atoms with Crippen LogP contribution >= 0.6 is 7.82 Å². The SMILES string of the molecule is CC/C=C\C/C=C\C/C=C\C/C=C\C/C=C\C/C=C\C/C=C\CC(=O)NCCOP(=O)(O)OCC(O)COC(=O)CCCCCCCCCCCCCC. The second-order valence-electron chi connectivity index (χ2n) is 13.2. The van der Waals surface area contributed by atoms with Gasteiger partial charge in [-0.25, -0.2) is 4.57 Å². The van der Waals surface area contributed by atoms with E-state index < -0.39 is 26.5 Å². The number of hydrogen-bond donors (Lipinski definition) is 3. The van der Waals surface area contributed by atoms with E-state index in [9.17, 15) is 24.2 Å². The first-order chi connectivity index (χ1) is 26.3. The molecule has 0 heterocycles. The van der Waals surface area contributed by atoms with Crippen LogP contribution in [0.1, 0.15) is 149 Å². The third-order valence-electron chi connectivity index (χ3n) is 8.12. The fourth-order valence-corrected chi connectivity index (χ4v) is 5.80. The first-order valence-corrected chi connectivity index (χ1v) is 22.1. The van der Waals surface area contributed by atoms with E-state index in [0.29, 0.717) is 0 Å². The number of phosphoric acid groups is 1. The van der Waals surface area contributed by atoms with Crippen LogP contribution in [0.4, 0.5) is 0 Å². The van der Waals surface area contributed by atoms with E-state index in [0.717, 1.165) is 64.2 Å². The average Bonchev–Trinajstić information content (AvgIpc) is 3.16. The van der Waals surface area contributed by atoms with Crippen molar-refractivity contribution in [2.45, 2.75) is 155 Å². The largest absolute Gasteiger partial charge is 0.472 e. The Morgan fingerprint density at radius 2 is 1.02 bits per heavy atom. The van der Waals surface area contributed by atoms with Crippen molar-refractivity contribution >= 4 is 19.7 Å². The summed E-state index contributed by atoms with van der Waals surface area (Å²) in [5, 5.41) is 12.6. The molecule has 0 fully saturated rings. The predicted octanol–water partition coefficient (Wildman–Crippen LogP) is 11.3. The minimum absolute atomic E-state index is 0.0209. The van der Waals surface area contributed by atoms with Crippen LogP contribution in [-0.2, 0) is 27.9 Å². The van der Waals surface area contributed by atoms with Crippen LogP contribution in [0, 0.1) is 0 Å². The normalized spacial score (nSPS) is 14.2. The molecule has 0 aliphatic heterocycles. The molecule has 0 radical (unpaired) electrons. The van der Waals surface area contributed by atoms with E-state index in [4.69, 9.17) is 13.8 Å². The maximum Gasteiger partial charge on any atom is 0.472 e. The number of hydrogen-bond acceptors (Lipinski definition) is 7. The van der Waals surface area contributed by atoms with Gasteiger partial charge in [0.2, 0.25) is 5.91 Å². The maximum absolute atomic E-state index is 12.1. The Hall–Kier alpha value is -2.81. The first kappa shape index (κ1) is 51.2. The molecule has 308 valence electrons. The molecule has 0 aromatic rings. The zero-order valence-electron chi connectivity index (χ0n) is 33.6. The molecule has 0 bridgehead atoms. The smallest absolute Gasteiger partial charge is 0.463 e. The van der Waals surface area contributed by atoms with Crippen LogP contribution < -0.4 is 5.32 Å². The van der Waals surface area contributed by atoms with Gasteiger partial charge in [-0.3, -0.25) is 18.6 Å². The third-order valence-corrected chi connectivity index (χ3v) is 9.10. The number of amides is 1. The topological polar surface area (TPSA) is 131 Å². The van der Waals surface area contributed by atoms with E-state index >= 15 is 0 Å². The van der Waals surface area contributed by atoms with Crippen LogP contribution in [-0.4, -0.2) is 54.3 Å². The number of aliphatic hydroxyl groups is 1. The van der Waals surface area contributed by atoms with Gasteiger partial charge in [-0.05, 0) is 51.4 Å². The van der Waals surface area contributed by atoms with Gasteiger partial charge in [-0.1, -0.05) is 170 Å². The minimum atomic E-state index is -4.44. The van der Waals surface area contributed by atoms with E-state index in [-0.39, 0.29) is 38.5 Å². The van der Waals surface area contributed by atoms with E-state index in [2.05, 4.69) is 86.0 Å². The number of carbonyl (C=O) groups excluding carboxylic acids is 2. The summed E-state index contributed by atoms with van der Waals surface area (Å²) in [6, 6.07) is 0. The molecule has 1 amide bonds. The Morgan fingerprint density at radius 1 is 0.593 bits per heavy atom. The average molecular weight is 776 g/mol. The van der Waals surface area contributed by atoms with Crippen molar-refractivity contribution < 1.29 is 37.9 Å². The quantitative estimate of drug-likeness (QED) is 0.0246. The molecule has 54 heavy (non-hydrogen) atoms. The van der Waals surface area contributed by atoms with Crippen LogP contribution in [0.15, 0.2) is 85.1 Å². The molecule has 3 N–H and O–H groups in total. The van der Waals surface area contributed by atoms with Crippen LogP contribution in [0.3, 0.4) is 0 Å². The molecule has 0 aromatic heterocycles. The lowest BCUT2D eigenvalue weighted by Gasteiger charge is -2.15. The van der Waals surface area contributed by atoms with Crippen molar-refractivity contribution in [3.05, 3.63) is 85.1 Å². The summed E-state index contributed by atoms with van der Waals surface area (Å²) in [5.74, 6) is -0.657. The van der Waals surface area contributed by atoms with Crippen molar-refractivity contribution in [1.29, 1.82) is 0 Å². The lowest BCUT2D eigenvalue weighted by atomic mass is 10.0. The summed E-state index contributed by atoms with van der Waals surface area (Å²) in [7, 11) is -4.44. The maximum atomic E-state index is 12.1. The summed E-state index contributed by atoms with van der Waals surface area (Å²) in [6.45, 7) is 3.28. The summed E-state index contributed by atoms with van der Waals surface area (Å²) in [4.78, 5) is 33.8. The molecule has 9 nitrogen and oxygen atoms in total. The Labute approximate surface area is 328 Å². The second kappa shape index (κ2) is 39.9. The van der Waals surface area contributed by atoms with E-state index in [1.165, 1.54) is 57.8 Å². The number of allylic oxidation sites excluding steroid dienone is 13. The highest BCUT2D eigenvalue weighted by molar-refractivity contribution is 7.47. The second-order valence-corrected chi connectivity index (χ2v) is 14.7. The first-order valence-electron chi connectivity index (χ1n) is 20.6. The van der Waals surface area contributed by atoms with Crippen molar-refractivity contribution in [3.8, 4) is 0 Å². The lowest BCUT2D eigenvalue weighted by Crippen LogP contribution is -2.26. The van der Waals surface area contributed by atoms with Crippen molar-refractivity contribution in [3.63, 3.8) is 0 Å². The highest BCUT2D eigenvalue weighted by atomic mass is 31.2. The van der Waals surface area contributed by atoms with Crippen LogP contribution in [0.5, 0.6) is 0 Å². The van der Waals surface area contributed by atoms with Gasteiger partial charge in [-0.15, -0.1) is 0 Å². The van der Waals surface area contributed by atoms with Gasteiger partial charge in [0.15, 0.2) is 0 Å². The van der Waals surface area contributed by atoms with Gasteiger partial charge < -0.3 is 20.1 Å². The zero-order valence-corrected chi connectivity index (χ0v) is 34.5. The minimum Gasteiger partial charge on any atom is -0.463 e. The standard InChI is InChI=1S/C44H74NO8P/c1-3-5-7-9-11-13-15-17-18-19-20-21-22-23-24-25-26-28-30-32-34-36-43(47)45-38-39-52-54(49,50)53-41-42(46)40-51-44(48)37-35-33-31-29-27-16-14-12-10-8-6-4-2/h5,7,11,13,17-18,20-21,23-24,26,28,32,34,42,46H,3-4,6,8-10,12,14-16,19,22,25,27,29-31,33,35-41H2,1-2H3,(H,45,47)(H,49,50)/b7-5-,13-11-,18-17-,21-20-,24-23-,28-26-,34-32-. The summed E-state index contributed by atoms with van der Waals surface area (Å²) in [6.07, 6.45) is 49.7. The van der Waals surface area contributed by atoms with Gasteiger partial charge in [-0.2, -0.15) is 0 Å². The number of unbranched alkanes of at least 4 members (excludes halogenated alkanes) is 11. The van der Waals surface area contributed by atoms with Gasteiger partial charge in [0.25, 0.3) is 0 Å². The Bertz CT molecular complexity index is 1160. The number of phosphoric ester groups is 1. The molecular weight excluding hydrogens is 701 g/mol. The Kier molecular flexibility index (Phi) is 37.8. The number of aliphatic hydroxyl groups excluding tert-OH is 1. The zero-order chi connectivity index (χ0) is 39.6. The Balaban J connectivity index is 3.77. The van der Waals surface area contributed by atoms with Gasteiger partial charge in [0.05, 0.1) is 13.2 Å². The fourth-order valence-electron chi connectivity index (χ4n) is 5.04. The molecule has 2 unspecified atom stereocenters. The molecule has 0 saturated carbocycles. The summed E-state index contributed by atoms with van der Waals surface area (Å²) in [5.41, 5.74) is 0. The molecular formula is C44H74NO8P. The number of ether oxygens (including phenoxy) is 1. The monoisotopic (exact) mass is 776 g/mol. The van der Waals surface area contributed by atoms with Crippen molar-refractivity contribution in [2.75, 3.05) is 26.4 Å². The van der Waals surface area contributed by atoms with Crippen LogP contribution in [0.25, 0.3) is 0 Å². The molecule has 0 aromatic carbocycles. The predicted molar refractivity (Wildman–Crippen MR) is 224 cm³/mol. The van der Waals surface area contributed by atoms with Gasteiger partial charge in [0.1, 0.15) is 12.7 Å². The number of rotatable bonds is 37. The van der Waals surface area contributed by atoms with Gasteiger partial charge in [0, 0.05) is 19.4 Å². The molecule has 10 heteroatoms. The molecule has 0 saturated heterocycles. The van der Waals surface area contributed by atoms with Crippen molar-refractivity contribution in [2.24, 2.45) is 0 Å². The lowest BCUT2D eigenvalue weighted by molar-refractivity contribution is -0.147. The van der Waals surface area contributed by atoms with Crippen molar-refractivity contribution in [1.82, 2.24) is 5.32 Å². The Morgan fingerprint density at radius 3 is 1.48 bits per heavy atom. The van der Waals surface area contributed by atoms with Crippen LogP contribution in [0.2, 0.25) is 0 Å². The number of esters is 1. The highest BCUT2D eigenvalue weighted by Crippen LogP contribution is 2.42. The van der Waals surface area contributed by atoms with E-state index in [1.807, 2.05) is 12.2 Å². The van der Waals surface area contributed by atoms with Gasteiger partial charge >= 0.3 is 13.8 Å². The molecule has 0 spiro atoms. The molecule has 0 aliphatic carbocycles.